The van der Waals surface area contributed by atoms with E-state index in [1.165, 1.54) is 0 Å². The standard InChI is InChI=1S/C12H16BrNO2/c1-8(7-15)9(2)14-12(16)10-3-5-11(13)6-4-10/h3-6,8-9,15H,7H2,1-2H3,(H,14,16). The number of hydrogen-bond donors (Lipinski definition) is 2. The van der Waals surface area contributed by atoms with Crippen molar-refractivity contribution in [3.63, 3.8) is 0 Å². The van der Waals surface area contributed by atoms with Gasteiger partial charge in [-0.1, -0.05) is 22.9 Å². The van der Waals surface area contributed by atoms with Gasteiger partial charge in [0.1, 0.15) is 0 Å². The van der Waals surface area contributed by atoms with Gasteiger partial charge in [0.05, 0.1) is 0 Å². The van der Waals surface area contributed by atoms with Crippen LogP contribution in [-0.4, -0.2) is 23.7 Å². The summed E-state index contributed by atoms with van der Waals surface area (Å²) in [6.07, 6.45) is 0. The third-order valence-electron chi connectivity index (χ3n) is 2.61. The van der Waals surface area contributed by atoms with Crippen LogP contribution in [0.4, 0.5) is 0 Å². The highest BCUT2D eigenvalue weighted by Gasteiger charge is 2.14. The molecule has 0 bridgehead atoms. The van der Waals surface area contributed by atoms with Crippen LogP contribution in [0.3, 0.4) is 0 Å². The van der Waals surface area contributed by atoms with E-state index in [4.69, 9.17) is 5.11 Å². The lowest BCUT2D eigenvalue weighted by atomic mass is 10.0. The Hall–Kier alpha value is -0.870. The van der Waals surface area contributed by atoms with Crippen molar-refractivity contribution in [2.45, 2.75) is 19.9 Å². The summed E-state index contributed by atoms with van der Waals surface area (Å²) in [5.74, 6) is -0.0558. The number of aliphatic hydroxyl groups is 1. The van der Waals surface area contributed by atoms with Crippen LogP contribution < -0.4 is 5.32 Å². The van der Waals surface area contributed by atoms with Crippen molar-refractivity contribution < 1.29 is 9.90 Å². The molecule has 0 aliphatic heterocycles. The number of nitrogens with one attached hydrogen (secondary N) is 1. The van der Waals surface area contributed by atoms with Crippen LogP contribution in [0, 0.1) is 5.92 Å². The van der Waals surface area contributed by atoms with E-state index in [9.17, 15) is 4.79 Å². The minimum Gasteiger partial charge on any atom is -0.396 e. The molecule has 0 fully saturated rings. The lowest BCUT2D eigenvalue weighted by Gasteiger charge is -2.19. The minimum atomic E-state index is -0.111. The van der Waals surface area contributed by atoms with Gasteiger partial charge in [0.2, 0.25) is 0 Å². The van der Waals surface area contributed by atoms with Gasteiger partial charge in [-0.25, -0.2) is 0 Å². The van der Waals surface area contributed by atoms with E-state index in [2.05, 4.69) is 21.2 Å². The van der Waals surface area contributed by atoms with Gasteiger partial charge in [0, 0.05) is 22.7 Å². The molecule has 3 nitrogen and oxygen atoms in total. The first-order valence-corrected chi connectivity index (χ1v) is 6.01. The molecule has 0 spiro atoms. The van der Waals surface area contributed by atoms with Gasteiger partial charge in [-0.2, -0.15) is 0 Å². The fourth-order valence-corrected chi connectivity index (χ4v) is 1.46. The summed E-state index contributed by atoms with van der Waals surface area (Å²) >= 11 is 3.32. The van der Waals surface area contributed by atoms with E-state index in [0.717, 1.165) is 4.47 Å². The van der Waals surface area contributed by atoms with Crippen LogP contribution in [0.1, 0.15) is 24.2 Å². The van der Waals surface area contributed by atoms with Gasteiger partial charge in [-0.05, 0) is 37.1 Å². The summed E-state index contributed by atoms with van der Waals surface area (Å²) in [7, 11) is 0. The van der Waals surface area contributed by atoms with Crippen molar-refractivity contribution >= 4 is 21.8 Å². The Morgan fingerprint density at radius 3 is 2.44 bits per heavy atom. The Kier molecular flexibility index (Phi) is 4.96. The Labute approximate surface area is 104 Å². The fourth-order valence-electron chi connectivity index (χ4n) is 1.19. The molecule has 0 aromatic heterocycles. The quantitative estimate of drug-likeness (QED) is 0.891. The Morgan fingerprint density at radius 2 is 1.94 bits per heavy atom. The molecule has 1 aromatic carbocycles. The molecule has 0 radical (unpaired) electrons. The number of carbonyl (C=O) groups is 1. The van der Waals surface area contributed by atoms with Gasteiger partial charge in [0.15, 0.2) is 0 Å². The van der Waals surface area contributed by atoms with E-state index < -0.39 is 0 Å². The molecule has 0 saturated carbocycles. The van der Waals surface area contributed by atoms with Gasteiger partial charge < -0.3 is 10.4 Å². The Morgan fingerprint density at radius 1 is 1.38 bits per heavy atom. The van der Waals surface area contributed by atoms with Crippen molar-refractivity contribution in [1.82, 2.24) is 5.32 Å². The van der Waals surface area contributed by atoms with Gasteiger partial charge >= 0.3 is 0 Å². The van der Waals surface area contributed by atoms with Crippen LogP contribution in [0.15, 0.2) is 28.7 Å². The topological polar surface area (TPSA) is 49.3 Å². The van der Waals surface area contributed by atoms with Crippen LogP contribution in [-0.2, 0) is 0 Å². The van der Waals surface area contributed by atoms with Crippen molar-refractivity contribution in [1.29, 1.82) is 0 Å². The molecule has 1 aromatic rings. The summed E-state index contributed by atoms with van der Waals surface area (Å²) in [5, 5.41) is 11.8. The van der Waals surface area contributed by atoms with Crippen LogP contribution >= 0.6 is 15.9 Å². The number of halogens is 1. The number of benzene rings is 1. The van der Waals surface area contributed by atoms with Gasteiger partial charge in [-0.3, -0.25) is 4.79 Å². The molecule has 88 valence electrons. The first-order chi connectivity index (χ1) is 7.54. The highest BCUT2D eigenvalue weighted by Crippen LogP contribution is 2.11. The summed E-state index contributed by atoms with van der Waals surface area (Å²) in [6, 6.07) is 7.14. The van der Waals surface area contributed by atoms with E-state index in [1.807, 2.05) is 26.0 Å². The van der Waals surface area contributed by atoms with Gasteiger partial charge in [-0.15, -0.1) is 0 Å². The van der Waals surface area contributed by atoms with Gasteiger partial charge in [0.25, 0.3) is 5.91 Å². The monoisotopic (exact) mass is 285 g/mol. The zero-order valence-electron chi connectivity index (χ0n) is 9.40. The lowest BCUT2D eigenvalue weighted by Crippen LogP contribution is -2.38. The predicted octanol–water partition coefficient (Wildman–Crippen LogP) is 2.20. The average molecular weight is 286 g/mol. The molecule has 0 aliphatic carbocycles. The Bertz CT molecular complexity index is 351. The first kappa shape index (κ1) is 13.2. The highest BCUT2D eigenvalue weighted by molar-refractivity contribution is 9.10. The van der Waals surface area contributed by atoms with Crippen LogP contribution in [0.25, 0.3) is 0 Å². The number of carbonyl (C=O) groups excluding carboxylic acids is 1. The van der Waals surface area contributed by atoms with E-state index in [1.54, 1.807) is 12.1 Å². The maximum absolute atomic E-state index is 11.8. The zero-order chi connectivity index (χ0) is 12.1. The number of amides is 1. The summed E-state index contributed by atoms with van der Waals surface area (Å²) < 4.78 is 0.945. The molecular formula is C12H16BrNO2. The highest BCUT2D eigenvalue weighted by atomic mass is 79.9. The summed E-state index contributed by atoms with van der Waals surface area (Å²) in [4.78, 5) is 11.8. The predicted molar refractivity (Wildman–Crippen MR) is 67.3 cm³/mol. The molecule has 4 heteroatoms. The third-order valence-corrected chi connectivity index (χ3v) is 3.14. The van der Waals surface area contributed by atoms with E-state index in [-0.39, 0.29) is 24.5 Å². The third kappa shape index (κ3) is 3.61. The summed E-state index contributed by atoms with van der Waals surface area (Å²) in [6.45, 7) is 3.85. The molecule has 1 amide bonds. The molecule has 0 saturated heterocycles. The van der Waals surface area contributed by atoms with Crippen molar-refractivity contribution in [2.75, 3.05) is 6.61 Å². The second-order valence-corrected chi connectivity index (χ2v) is 4.84. The second kappa shape index (κ2) is 6.01. The molecule has 0 aliphatic rings. The minimum absolute atomic E-state index is 0.0406. The number of aliphatic hydroxyl groups excluding tert-OH is 1. The molecular weight excluding hydrogens is 270 g/mol. The fraction of sp³-hybridized carbons (Fsp3) is 0.417. The first-order valence-electron chi connectivity index (χ1n) is 5.22. The number of rotatable bonds is 4. The molecule has 1 rings (SSSR count). The van der Waals surface area contributed by atoms with Crippen LogP contribution in [0.5, 0.6) is 0 Å². The SMILES string of the molecule is CC(CO)C(C)NC(=O)c1ccc(Br)cc1. The maximum Gasteiger partial charge on any atom is 0.251 e. The van der Waals surface area contributed by atoms with Crippen molar-refractivity contribution in [3.05, 3.63) is 34.3 Å². The molecule has 2 atom stereocenters. The second-order valence-electron chi connectivity index (χ2n) is 3.93. The largest absolute Gasteiger partial charge is 0.396 e. The van der Waals surface area contributed by atoms with Crippen molar-refractivity contribution in [3.8, 4) is 0 Å². The molecule has 2 unspecified atom stereocenters. The average Bonchev–Trinajstić information content (AvgIpc) is 2.28. The lowest BCUT2D eigenvalue weighted by molar-refractivity contribution is 0.0916. The summed E-state index contributed by atoms with van der Waals surface area (Å²) in [5.41, 5.74) is 0.625. The Balaban J connectivity index is 2.62. The molecule has 2 N–H and O–H groups in total. The van der Waals surface area contributed by atoms with E-state index >= 15 is 0 Å². The number of hydrogen-bond acceptors (Lipinski definition) is 2. The smallest absolute Gasteiger partial charge is 0.251 e. The molecule has 16 heavy (non-hydrogen) atoms. The zero-order valence-corrected chi connectivity index (χ0v) is 11.0. The van der Waals surface area contributed by atoms with Crippen LogP contribution in [0.2, 0.25) is 0 Å². The van der Waals surface area contributed by atoms with Crippen molar-refractivity contribution in [2.24, 2.45) is 5.92 Å². The maximum atomic E-state index is 11.8. The molecule has 0 heterocycles. The normalized spacial score (nSPS) is 14.2. The van der Waals surface area contributed by atoms with E-state index in [0.29, 0.717) is 5.56 Å².